The molecule has 16 unspecified atom stereocenters. The minimum absolute atomic E-state index is 0.00691. The van der Waals surface area contributed by atoms with Gasteiger partial charge in [0.05, 0.1) is 0 Å². The van der Waals surface area contributed by atoms with Gasteiger partial charge in [0.2, 0.25) is 11.8 Å². The van der Waals surface area contributed by atoms with Gasteiger partial charge >= 0.3 is 67.1 Å². The number of carbonyl (C=O) groups is 10. The second kappa shape index (κ2) is 45.9. The van der Waals surface area contributed by atoms with Gasteiger partial charge in [0.25, 0.3) is 11.8 Å². The number of benzene rings is 6. The number of hydrogen-bond donors (Lipinski definition) is 8. The molecule has 0 aromatic heterocycles. The summed E-state index contributed by atoms with van der Waals surface area (Å²) in [5.74, 6) is -15.6. The van der Waals surface area contributed by atoms with Gasteiger partial charge in [-0.25, -0.2) is 37.1 Å². The molecule has 3 heterocycles. The maximum atomic E-state index is 14.1. The summed E-state index contributed by atoms with van der Waals surface area (Å²) in [5.41, 5.74) is -10.0. The fourth-order valence-corrected chi connectivity index (χ4v) is 15.2. The zero-order chi connectivity index (χ0) is 92.6. The van der Waals surface area contributed by atoms with Crippen molar-refractivity contribution in [1.82, 2.24) is 21.3 Å². The highest BCUT2D eigenvalue weighted by Crippen LogP contribution is 2.40. The van der Waals surface area contributed by atoms with E-state index in [1.807, 2.05) is 71.3 Å². The molecule has 9 rings (SSSR count). The Bertz CT molecular complexity index is 4530. The molecule has 3 aliphatic heterocycles. The van der Waals surface area contributed by atoms with E-state index in [4.69, 9.17) is 38.6 Å². The van der Waals surface area contributed by atoms with Crippen LogP contribution in [0.5, 0.6) is 0 Å². The van der Waals surface area contributed by atoms with Gasteiger partial charge in [0, 0.05) is 9.79 Å². The van der Waals surface area contributed by atoms with Crippen molar-refractivity contribution in [1.29, 1.82) is 0 Å². The van der Waals surface area contributed by atoms with E-state index in [2.05, 4.69) is 28.5 Å². The molecule has 3 aliphatic rings. The van der Waals surface area contributed by atoms with Crippen LogP contribution < -0.4 is 21.3 Å². The molecule has 682 valence electrons. The number of amides is 4. The van der Waals surface area contributed by atoms with Crippen LogP contribution in [0.15, 0.2) is 192 Å². The van der Waals surface area contributed by atoms with Crippen LogP contribution in [0.4, 0.5) is 26.3 Å². The Kier molecular flexibility index (Phi) is 37.4. The summed E-state index contributed by atoms with van der Waals surface area (Å²) < 4.78 is 182. The molecule has 0 aliphatic carbocycles. The number of ether oxygens (including phenoxy) is 8. The molecule has 3 saturated heterocycles. The van der Waals surface area contributed by atoms with E-state index in [1.165, 1.54) is 27.7 Å². The lowest BCUT2D eigenvalue weighted by Crippen LogP contribution is -2.60. The summed E-state index contributed by atoms with van der Waals surface area (Å²) in [6.07, 6.45) is -20.6. The van der Waals surface area contributed by atoms with Crippen LogP contribution in [0.25, 0.3) is 0 Å². The van der Waals surface area contributed by atoms with E-state index in [-0.39, 0.29) is 38.3 Å². The SMILES string of the molecule is CC(C)C(NC(=O)C(OS(=O)(=O)C(F)(F)F)C1OC(C)(C)OC1C(OS(=O)(=O)C(F)(F)F)C(=O)NC(C(=O)OCc1ccccc1)C(C)C)C(=O)OCc1ccccc1.CC(C)C(NC(=O)C(Sc1ccccc1)C(O)C(O)C(Sc1ccccc1)C(=O)NC(C(=O)OCc1ccccc1)C(C)C)C(=O)OCc1ccccc1.O=C1OC2C(O)C(=O)OC2C1O. The number of carbonyl (C=O) groups excluding carboxylic acids is 10. The van der Waals surface area contributed by atoms with E-state index in [9.17, 15) is 101 Å². The van der Waals surface area contributed by atoms with Crippen molar-refractivity contribution in [2.75, 3.05) is 0 Å². The molecule has 0 spiro atoms. The summed E-state index contributed by atoms with van der Waals surface area (Å²) in [4.78, 5) is 131. The number of alkyl halides is 6. The molecule has 3 fully saturated rings. The summed E-state index contributed by atoms with van der Waals surface area (Å²) >= 11 is 1.97. The Morgan fingerprint density at radius 1 is 0.400 bits per heavy atom. The molecule has 0 radical (unpaired) electrons. The zero-order valence-corrected chi connectivity index (χ0v) is 71.9. The maximum Gasteiger partial charge on any atom is 0.523 e. The monoisotopic (exact) mass is 1840 g/mol. The molecule has 4 amide bonds. The third-order valence-corrected chi connectivity index (χ3v) is 23.1. The number of esters is 6. The zero-order valence-electron chi connectivity index (χ0n) is 68.7. The fourth-order valence-electron chi connectivity index (χ4n) is 11.9. The molecule has 0 saturated carbocycles. The predicted octanol–water partition coefficient (Wildman–Crippen LogP) is 7.10. The van der Waals surface area contributed by atoms with Crippen LogP contribution in [0.2, 0.25) is 0 Å². The number of rotatable bonds is 37. The molecule has 0 bridgehead atoms. The van der Waals surface area contributed by atoms with Crippen LogP contribution in [0.3, 0.4) is 0 Å². The first-order valence-electron chi connectivity index (χ1n) is 38.6. The molecule has 16 atom stereocenters. The Labute approximate surface area is 724 Å². The lowest BCUT2D eigenvalue weighted by Gasteiger charge is -2.32. The van der Waals surface area contributed by atoms with Gasteiger partial charge in [-0.05, 0) is 84.0 Å². The average Bonchev–Trinajstić information content (AvgIpc) is 1.63. The molecule has 6 aromatic carbocycles. The maximum absolute atomic E-state index is 14.1. The summed E-state index contributed by atoms with van der Waals surface area (Å²) in [6.45, 7) is 13.5. The van der Waals surface area contributed by atoms with Crippen LogP contribution in [-0.4, -0.2) is 209 Å². The van der Waals surface area contributed by atoms with Gasteiger partial charge in [0.1, 0.15) is 85.5 Å². The summed E-state index contributed by atoms with van der Waals surface area (Å²) in [5, 5.41) is 48.5. The third kappa shape index (κ3) is 29.5. The number of aliphatic hydroxyl groups excluding tert-OH is 4. The van der Waals surface area contributed by atoms with Crippen LogP contribution in [0, 0.1) is 23.7 Å². The van der Waals surface area contributed by atoms with Crippen molar-refractivity contribution in [2.45, 2.75) is 218 Å². The lowest BCUT2D eigenvalue weighted by molar-refractivity contribution is -0.166. The average molecular weight is 1840 g/mol. The molecule has 6 aromatic rings. The number of aliphatic hydroxyl groups is 4. The minimum Gasteiger partial charge on any atom is -0.459 e. The smallest absolute Gasteiger partial charge is 0.459 e. The Hall–Kier alpha value is -10.1. The van der Waals surface area contributed by atoms with Gasteiger partial charge in [-0.15, -0.1) is 23.5 Å². The van der Waals surface area contributed by atoms with Crippen molar-refractivity contribution in [2.24, 2.45) is 23.7 Å². The summed E-state index contributed by atoms with van der Waals surface area (Å²) in [6, 6.07) is 46.2. The predicted molar refractivity (Wildman–Crippen MR) is 432 cm³/mol. The third-order valence-electron chi connectivity index (χ3n) is 18.5. The van der Waals surface area contributed by atoms with Gasteiger partial charge in [-0.1, -0.05) is 213 Å². The lowest BCUT2D eigenvalue weighted by atomic mass is 9.99. The first-order valence-corrected chi connectivity index (χ1v) is 43.1. The van der Waals surface area contributed by atoms with Crippen LogP contribution in [0.1, 0.15) is 91.5 Å². The molecule has 42 heteroatoms. The highest BCUT2D eigenvalue weighted by molar-refractivity contribution is 8.01. The van der Waals surface area contributed by atoms with Gasteiger partial charge in [-0.2, -0.15) is 43.2 Å². The van der Waals surface area contributed by atoms with Crippen molar-refractivity contribution in [3.63, 3.8) is 0 Å². The first kappa shape index (κ1) is 102. The molecular weight excluding hydrogens is 1740 g/mol. The Morgan fingerprint density at radius 3 is 0.848 bits per heavy atom. The normalized spacial score (nSPS) is 19.8. The van der Waals surface area contributed by atoms with Crippen LogP contribution >= 0.6 is 23.5 Å². The van der Waals surface area contributed by atoms with E-state index in [0.717, 1.165) is 48.5 Å². The number of hydrogen-bond acceptors (Lipinski definition) is 30. The van der Waals surface area contributed by atoms with Crippen molar-refractivity contribution in [3.05, 3.63) is 204 Å². The quantitative estimate of drug-likeness (QED) is 0.00481. The molecule has 32 nitrogen and oxygen atoms in total. The Balaban J connectivity index is 0.000000302. The van der Waals surface area contributed by atoms with Crippen molar-refractivity contribution < 1.29 is 158 Å². The van der Waals surface area contributed by atoms with E-state index >= 15 is 0 Å². The number of thioether (sulfide) groups is 2. The second-order valence-electron chi connectivity index (χ2n) is 30.1. The van der Waals surface area contributed by atoms with Gasteiger partial charge in [-0.3, -0.25) is 19.2 Å². The Morgan fingerprint density at radius 2 is 0.624 bits per heavy atom. The molecule has 8 N–H and O–H groups in total. The first-order chi connectivity index (χ1) is 58.6. The van der Waals surface area contributed by atoms with Crippen molar-refractivity contribution >= 4 is 103 Å². The second-order valence-corrected chi connectivity index (χ2v) is 35.6. The molecular formula is C83H96F6N4O28S4. The van der Waals surface area contributed by atoms with E-state index < -0.39 is 204 Å². The number of fused-ring (bicyclic) bond motifs is 1. The fraction of sp³-hybridized carbons (Fsp3) is 0.446. The minimum atomic E-state index is -6.85. The van der Waals surface area contributed by atoms with Crippen LogP contribution in [-0.2, 0) is 141 Å². The summed E-state index contributed by atoms with van der Waals surface area (Å²) in [7, 11) is -13.7. The van der Waals surface area contributed by atoms with E-state index in [1.54, 1.807) is 149 Å². The van der Waals surface area contributed by atoms with Gasteiger partial charge in [0.15, 0.2) is 42.4 Å². The number of nitrogens with one attached hydrogen (secondary N) is 4. The standard InChI is InChI=1S/C42H48N2O8S2.C35H42F6N2O14S2.C6H6O6/c1-27(2)33(41(49)51-25-29-17-9-5-10-18-29)43-39(47)37(53-31-21-13-7-14-22-31)35(45)36(46)38(54-32-23-15-8-16-24-32)40(48)44-34(28(3)4)42(50)52-26-30-19-11-6-12-20-30;1-19(2)23(31(46)52-17-21-13-9-7-10-14-21)42-29(44)27(56-58(48,49)34(36,37)38)25-26(55-33(5,6)54-25)28(57-59(50,51)35(39,40)41)30(45)43-24(20(3)4)32(47)53-18-22-15-11-8-12-16-22;7-1-3-4(12-5(1)9)2(8)6(10)11-3/h5-24,27-28,33-38,45-46H,25-26H2,1-4H3,(H,43,47)(H,44,48);7-16,19-20,23-28H,17-18H2,1-6H3,(H,42,44)(H,43,45);1-4,7-8H. The largest absolute Gasteiger partial charge is 0.523 e. The highest BCUT2D eigenvalue weighted by Gasteiger charge is 2.61. The van der Waals surface area contributed by atoms with Gasteiger partial charge < -0.3 is 79.6 Å². The number of halogens is 6. The van der Waals surface area contributed by atoms with Crippen molar-refractivity contribution in [3.8, 4) is 0 Å². The highest BCUT2D eigenvalue weighted by atomic mass is 32.2. The topological polar surface area (TPSA) is 460 Å². The molecule has 125 heavy (non-hydrogen) atoms. The van der Waals surface area contributed by atoms with E-state index in [0.29, 0.717) is 20.9 Å².